The molecule has 2 heterocycles. The lowest BCUT2D eigenvalue weighted by atomic mass is 10.00. The van der Waals surface area contributed by atoms with Crippen molar-refractivity contribution < 1.29 is 4.79 Å². The summed E-state index contributed by atoms with van der Waals surface area (Å²) in [6, 6.07) is 0.691. The van der Waals surface area contributed by atoms with Crippen LogP contribution in [0.1, 0.15) is 25.7 Å². The van der Waals surface area contributed by atoms with Gasteiger partial charge in [-0.1, -0.05) is 6.42 Å². The summed E-state index contributed by atoms with van der Waals surface area (Å²) in [5, 5.41) is 3.11. The minimum Gasteiger partial charge on any atom is -0.340 e. The maximum absolute atomic E-state index is 11.6. The number of carbonyl (C=O) groups excluding carboxylic acids is 1. The smallest absolute Gasteiger partial charge is 0.236 e. The van der Waals surface area contributed by atoms with E-state index in [2.05, 4.69) is 17.3 Å². The molecule has 1 unspecified atom stereocenters. The molecule has 4 heteroatoms. The zero-order chi connectivity index (χ0) is 11.4. The predicted molar refractivity (Wildman–Crippen MR) is 64.3 cm³/mol. The van der Waals surface area contributed by atoms with Gasteiger partial charge in [0.2, 0.25) is 5.91 Å². The van der Waals surface area contributed by atoms with Crippen molar-refractivity contribution in [2.75, 3.05) is 39.8 Å². The van der Waals surface area contributed by atoms with Crippen LogP contribution in [0.25, 0.3) is 0 Å². The number of likely N-dealkylation sites (tertiary alicyclic amines) is 1. The minimum atomic E-state index is 0.268. The third kappa shape index (κ3) is 2.95. The Morgan fingerprint density at radius 3 is 3.00 bits per heavy atom. The summed E-state index contributed by atoms with van der Waals surface area (Å²) in [4.78, 5) is 16.1. The summed E-state index contributed by atoms with van der Waals surface area (Å²) in [6.45, 7) is 4.53. The SMILES string of the molecule is CN1CCCCC1CCN1CCNCC1=O. The number of carbonyl (C=O) groups is 1. The molecule has 0 aromatic carbocycles. The number of nitrogens with one attached hydrogen (secondary N) is 1. The second-order valence-corrected chi connectivity index (χ2v) is 4.98. The Kier molecular flexibility index (Phi) is 4.18. The van der Waals surface area contributed by atoms with E-state index in [1.165, 1.54) is 25.8 Å². The van der Waals surface area contributed by atoms with E-state index < -0.39 is 0 Å². The molecule has 2 aliphatic rings. The zero-order valence-electron chi connectivity index (χ0n) is 10.2. The molecule has 0 bridgehead atoms. The van der Waals surface area contributed by atoms with Crippen molar-refractivity contribution in [2.24, 2.45) is 0 Å². The van der Waals surface area contributed by atoms with Crippen LogP contribution < -0.4 is 5.32 Å². The molecule has 2 aliphatic heterocycles. The highest BCUT2D eigenvalue weighted by Gasteiger charge is 2.22. The van der Waals surface area contributed by atoms with E-state index in [1.807, 2.05) is 4.90 Å². The van der Waals surface area contributed by atoms with Crippen LogP contribution in [0.4, 0.5) is 0 Å². The molecule has 2 rings (SSSR count). The topological polar surface area (TPSA) is 35.6 Å². The summed E-state index contributed by atoms with van der Waals surface area (Å²) in [7, 11) is 2.21. The monoisotopic (exact) mass is 225 g/mol. The van der Waals surface area contributed by atoms with Crippen LogP contribution in [0.15, 0.2) is 0 Å². The molecule has 1 atom stereocenters. The molecule has 1 amide bonds. The van der Waals surface area contributed by atoms with Gasteiger partial charge in [-0.2, -0.15) is 0 Å². The van der Waals surface area contributed by atoms with Gasteiger partial charge in [-0.25, -0.2) is 0 Å². The molecule has 2 saturated heterocycles. The van der Waals surface area contributed by atoms with Gasteiger partial charge in [0.1, 0.15) is 0 Å². The van der Waals surface area contributed by atoms with Gasteiger partial charge in [0.05, 0.1) is 6.54 Å². The molecule has 0 aromatic heterocycles. The first-order valence-electron chi connectivity index (χ1n) is 6.46. The summed E-state index contributed by atoms with van der Waals surface area (Å²) in [5.74, 6) is 0.268. The van der Waals surface area contributed by atoms with E-state index in [-0.39, 0.29) is 5.91 Å². The lowest BCUT2D eigenvalue weighted by molar-refractivity contribution is -0.132. The van der Waals surface area contributed by atoms with E-state index in [0.29, 0.717) is 12.6 Å². The average Bonchev–Trinajstić information content (AvgIpc) is 2.30. The Morgan fingerprint density at radius 2 is 2.25 bits per heavy atom. The number of piperidine rings is 1. The number of rotatable bonds is 3. The summed E-state index contributed by atoms with van der Waals surface area (Å²) in [6.07, 6.45) is 5.13. The van der Waals surface area contributed by atoms with Crippen molar-refractivity contribution in [3.63, 3.8) is 0 Å². The number of hydrogen-bond donors (Lipinski definition) is 1. The molecule has 0 aliphatic carbocycles. The maximum Gasteiger partial charge on any atom is 0.236 e. The fourth-order valence-corrected chi connectivity index (χ4v) is 2.70. The van der Waals surface area contributed by atoms with Crippen molar-refractivity contribution in [3.8, 4) is 0 Å². The highest BCUT2D eigenvalue weighted by Crippen LogP contribution is 2.18. The van der Waals surface area contributed by atoms with E-state index in [9.17, 15) is 4.79 Å². The molecule has 2 fully saturated rings. The molecular formula is C12H23N3O. The first-order chi connectivity index (χ1) is 7.77. The standard InChI is InChI=1S/C12H23N3O/c1-14-7-3-2-4-11(14)5-8-15-9-6-13-10-12(15)16/h11,13H,2-10H2,1H3. The first-order valence-corrected chi connectivity index (χ1v) is 6.46. The Balaban J connectivity index is 1.75. The van der Waals surface area contributed by atoms with Crippen molar-refractivity contribution in [2.45, 2.75) is 31.7 Å². The van der Waals surface area contributed by atoms with Gasteiger partial charge >= 0.3 is 0 Å². The van der Waals surface area contributed by atoms with Crippen LogP contribution in [0, 0.1) is 0 Å². The molecular weight excluding hydrogens is 202 g/mol. The normalized spacial score (nSPS) is 28.4. The van der Waals surface area contributed by atoms with Gasteiger partial charge < -0.3 is 15.1 Å². The van der Waals surface area contributed by atoms with Crippen LogP contribution in [0.2, 0.25) is 0 Å². The number of piperazine rings is 1. The van der Waals surface area contributed by atoms with Crippen molar-refractivity contribution in [1.29, 1.82) is 0 Å². The van der Waals surface area contributed by atoms with Crippen molar-refractivity contribution in [3.05, 3.63) is 0 Å². The largest absolute Gasteiger partial charge is 0.340 e. The van der Waals surface area contributed by atoms with E-state index in [0.717, 1.165) is 26.1 Å². The molecule has 0 saturated carbocycles. The Bertz CT molecular complexity index is 244. The van der Waals surface area contributed by atoms with Crippen molar-refractivity contribution >= 4 is 5.91 Å². The minimum absolute atomic E-state index is 0.268. The summed E-state index contributed by atoms with van der Waals surface area (Å²) >= 11 is 0. The third-order valence-electron chi connectivity index (χ3n) is 3.84. The van der Waals surface area contributed by atoms with E-state index in [1.54, 1.807) is 0 Å². The highest BCUT2D eigenvalue weighted by molar-refractivity contribution is 5.78. The second-order valence-electron chi connectivity index (χ2n) is 4.98. The van der Waals surface area contributed by atoms with Crippen LogP contribution in [0.5, 0.6) is 0 Å². The van der Waals surface area contributed by atoms with E-state index in [4.69, 9.17) is 0 Å². The average molecular weight is 225 g/mol. The number of amides is 1. The van der Waals surface area contributed by atoms with Gasteiger partial charge in [-0.05, 0) is 32.9 Å². The van der Waals surface area contributed by atoms with Crippen LogP contribution in [-0.2, 0) is 4.79 Å². The quantitative estimate of drug-likeness (QED) is 0.750. The molecule has 92 valence electrons. The Morgan fingerprint density at radius 1 is 1.38 bits per heavy atom. The second kappa shape index (κ2) is 5.64. The van der Waals surface area contributed by atoms with Gasteiger partial charge in [0, 0.05) is 25.7 Å². The molecule has 16 heavy (non-hydrogen) atoms. The van der Waals surface area contributed by atoms with Gasteiger partial charge in [-0.15, -0.1) is 0 Å². The lowest BCUT2D eigenvalue weighted by Crippen LogP contribution is -2.49. The van der Waals surface area contributed by atoms with E-state index >= 15 is 0 Å². The number of nitrogens with zero attached hydrogens (tertiary/aromatic N) is 2. The fraction of sp³-hybridized carbons (Fsp3) is 0.917. The zero-order valence-corrected chi connectivity index (χ0v) is 10.2. The molecule has 0 radical (unpaired) electrons. The lowest BCUT2D eigenvalue weighted by Gasteiger charge is -2.35. The Hall–Kier alpha value is -0.610. The summed E-state index contributed by atoms with van der Waals surface area (Å²) in [5.41, 5.74) is 0. The van der Waals surface area contributed by atoms with Gasteiger partial charge in [0.25, 0.3) is 0 Å². The molecule has 0 aromatic rings. The molecule has 4 nitrogen and oxygen atoms in total. The van der Waals surface area contributed by atoms with Crippen LogP contribution >= 0.6 is 0 Å². The van der Waals surface area contributed by atoms with Crippen LogP contribution in [-0.4, -0.2) is 61.5 Å². The predicted octanol–water partition coefficient (Wildman–Crippen LogP) is 0.293. The van der Waals surface area contributed by atoms with Crippen molar-refractivity contribution in [1.82, 2.24) is 15.1 Å². The Labute approximate surface area is 98.0 Å². The molecule has 0 spiro atoms. The number of hydrogen-bond acceptors (Lipinski definition) is 3. The first kappa shape index (κ1) is 11.9. The van der Waals surface area contributed by atoms with Gasteiger partial charge in [0.15, 0.2) is 0 Å². The third-order valence-corrected chi connectivity index (χ3v) is 3.84. The molecule has 1 N–H and O–H groups in total. The summed E-state index contributed by atoms with van der Waals surface area (Å²) < 4.78 is 0. The van der Waals surface area contributed by atoms with Gasteiger partial charge in [-0.3, -0.25) is 4.79 Å². The maximum atomic E-state index is 11.6. The van der Waals surface area contributed by atoms with Crippen LogP contribution in [0.3, 0.4) is 0 Å². The highest BCUT2D eigenvalue weighted by atomic mass is 16.2. The fourth-order valence-electron chi connectivity index (χ4n) is 2.70.